The Morgan fingerprint density at radius 2 is 1.92 bits per heavy atom. The van der Waals surface area contributed by atoms with Crippen molar-refractivity contribution in [2.24, 2.45) is 0 Å². The molecule has 0 radical (unpaired) electrons. The molecule has 0 fully saturated rings. The van der Waals surface area contributed by atoms with E-state index in [1.54, 1.807) is 13.0 Å². The molecule has 1 aromatic carbocycles. The molecule has 2 rings (SSSR count). The highest BCUT2D eigenvalue weighted by Gasteiger charge is 2.18. The highest BCUT2D eigenvalue weighted by molar-refractivity contribution is 5.91. The van der Waals surface area contributed by atoms with Gasteiger partial charge >= 0.3 is 5.97 Å². The van der Waals surface area contributed by atoms with E-state index >= 15 is 0 Å². The summed E-state index contributed by atoms with van der Waals surface area (Å²) < 4.78 is 23.7. The molecule has 0 aliphatic rings. The van der Waals surface area contributed by atoms with E-state index in [2.05, 4.69) is 0 Å². The third-order valence-corrected chi connectivity index (χ3v) is 3.33. The molecular formula is C17H18FNO5. The van der Waals surface area contributed by atoms with Crippen LogP contribution in [-0.4, -0.2) is 35.0 Å². The standard InChI is InChI=1S/C17H18FNO5/c1-2-19(10-9-16(20)21)17(22)15-8-7-14(24-15)11-23-13-5-3-12(18)4-6-13/h3-8H,2,9-11H2,1H3,(H,20,21). The zero-order chi connectivity index (χ0) is 17.5. The van der Waals surface area contributed by atoms with E-state index in [-0.39, 0.29) is 37.1 Å². The molecule has 7 heteroatoms. The number of amides is 1. The lowest BCUT2D eigenvalue weighted by atomic mass is 10.3. The SMILES string of the molecule is CCN(CCC(=O)O)C(=O)c1ccc(COc2ccc(F)cc2)o1. The number of furan rings is 1. The normalized spacial score (nSPS) is 10.4. The van der Waals surface area contributed by atoms with E-state index in [1.807, 2.05) is 0 Å². The number of benzene rings is 1. The highest BCUT2D eigenvalue weighted by Crippen LogP contribution is 2.16. The number of ether oxygens (including phenoxy) is 1. The maximum Gasteiger partial charge on any atom is 0.305 e. The lowest BCUT2D eigenvalue weighted by molar-refractivity contribution is -0.137. The quantitative estimate of drug-likeness (QED) is 0.802. The fourth-order valence-corrected chi connectivity index (χ4v) is 2.05. The van der Waals surface area contributed by atoms with Crippen LogP contribution in [0.15, 0.2) is 40.8 Å². The number of carboxylic acid groups (broad SMARTS) is 1. The Hall–Kier alpha value is -2.83. The summed E-state index contributed by atoms with van der Waals surface area (Å²) in [6, 6.07) is 8.70. The second-order valence-corrected chi connectivity index (χ2v) is 5.04. The minimum atomic E-state index is -0.964. The lowest BCUT2D eigenvalue weighted by Gasteiger charge is -2.18. The number of carbonyl (C=O) groups excluding carboxylic acids is 1. The van der Waals surface area contributed by atoms with Crippen LogP contribution in [0.2, 0.25) is 0 Å². The minimum absolute atomic E-state index is 0.0974. The average Bonchev–Trinajstić information content (AvgIpc) is 3.03. The van der Waals surface area contributed by atoms with Crippen LogP contribution in [-0.2, 0) is 11.4 Å². The largest absolute Gasteiger partial charge is 0.486 e. The van der Waals surface area contributed by atoms with Gasteiger partial charge < -0.3 is 19.2 Å². The molecule has 1 N–H and O–H groups in total. The molecule has 0 atom stereocenters. The monoisotopic (exact) mass is 335 g/mol. The first-order chi connectivity index (χ1) is 11.5. The van der Waals surface area contributed by atoms with Gasteiger partial charge in [0.2, 0.25) is 0 Å². The molecule has 0 saturated heterocycles. The first kappa shape index (κ1) is 17.5. The second-order valence-electron chi connectivity index (χ2n) is 5.04. The Labute approximate surface area is 138 Å². The van der Waals surface area contributed by atoms with E-state index in [0.29, 0.717) is 18.1 Å². The van der Waals surface area contributed by atoms with Crippen LogP contribution in [0.25, 0.3) is 0 Å². The fraction of sp³-hybridized carbons (Fsp3) is 0.294. The zero-order valence-corrected chi connectivity index (χ0v) is 13.2. The third kappa shape index (κ3) is 4.84. The van der Waals surface area contributed by atoms with Crippen molar-refractivity contribution in [3.05, 3.63) is 53.7 Å². The van der Waals surface area contributed by atoms with Gasteiger partial charge in [0.05, 0.1) is 6.42 Å². The Morgan fingerprint density at radius 3 is 2.54 bits per heavy atom. The fourth-order valence-electron chi connectivity index (χ4n) is 2.05. The first-order valence-electron chi connectivity index (χ1n) is 7.47. The van der Waals surface area contributed by atoms with Crippen molar-refractivity contribution in [1.29, 1.82) is 0 Å². The lowest BCUT2D eigenvalue weighted by Crippen LogP contribution is -2.32. The molecule has 24 heavy (non-hydrogen) atoms. The molecule has 128 valence electrons. The van der Waals surface area contributed by atoms with Crippen LogP contribution >= 0.6 is 0 Å². The topological polar surface area (TPSA) is 80.0 Å². The molecule has 1 aromatic heterocycles. The molecule has 0 spiro atoms. The van der Waals surface area contributed by atoms with Crippen LogP contribution in [0, 0.1) is 5.82 Å². The molecular weight excluding hydrogens is 317 g/mol. The Kier molecular flexibility index (Phi) is 5.95. The number of hydrogen-bond acceptors (Lipinski definition) is 4. The van der Waals surface area contributed by atoms with Crippen LogP contribution in [0.3, 0.4) is 0 Å². The van der Waals surface area contributed by atoms with Crippen LogP contribution in [0.4, 0.5) is 4.39 Å². The molecule has 1 heterocycles. The van der Waals surface area contributed by atoms with E-state index in [9.17, 15) is 14.0 Å². The van der Waals surface area contributed by atoms with Gasteiger partial charge in [-0.1, -0.05) is 0 Å². The number of rotatable bonds is 8. The predicted octanol–water partition coefficient (Wildman–Crippen LogP) is 2.93. The molecule has 0 aliphatic heterocycles. The van der Waals surface area contributed by atoms with Crippen molar-refractivity contribution < 1.29 is 28.2 Å². The van der Waals surface area contributed by atoms with Crippen LogP contribution in [0.5, 0.6) is 5.75 Å². The van der Waals surface area contributed by atoms with Gasteiger partial charge in [-0.3, -0.25) is 9.59 Å². The van der Waals surface area contributed by atoms with Gasteiger partial charge in [0.25, 0.3) is 5.91 Å². The predicted molar refractivity (Wildman–Crippen MR) is 83.3 cm³/mol. The first-order valence-corrected chi connectivity index (χ1v) is 7.47. The Balaban J connectivity index is 1.94. The van der Waals surface area contributed by atoms with Gasteiger partial charge in [0.15, 0.2) is 5.76 Å². The van der Waals surface area contributed by atoms with E-state index in [4.69, 9.17) is 14.3 Å². The Bertz CT molecular complexity index is 695. The molecule has 0 unspecified atom stereocenters. The summed E-state index contributed by atoms with van der Waals surface area (Å²) in [6.45, 7) is 2.36. The summed E-state index contributed by atoms with van der Waals surface area (Å²) in [4.78, 5) is 24.3. The molecule has 1 amide bonds. The van der Waals surface area contributed by atoms with Gasteiger partial charge in [-0.05, 0) is 43.3 Å². The van der Waals surface area contributed by atoms with E-state index in [0.717, 1.165) is 0 Å². The van der Waals surface area contributed by atoms with Crippen molar-refractivity contribution in [3.8, 4) is 5.75 Å². The molecule has 6 nitrogen and oxygen atoms in total. The van der Waals surface area contributed by atoms with Gasteiger partial charge in [-0.2, -0.15) is 0 Å². The molecule has 0 aliphatic carbocycles. The third-order valence-electron chi connectivity index (χ3n) is 3.33. The highest BCUT2D eigenvalue weighted by atomic mass is 19.1. The minimum Gasteiger partial charge on any atom is -0.486 e. The van der Waals surface area contributed by atoms with E-state index in [1.165, 1.54) is 35.2 Å². The van der Waals surface area contributed by atoms with Crippen molar-refractivity contribution >= 4 is 11.9 Å². The van der Waals surface area contributed by atoms with Crippen LogP contribution in [0.1, 0.15) is 29.7 Å². The molecule has 2 aromatic rings. The average molecular weight is 335 g/mol. The number of aliphatic carboxylic acids is 1. The number of carboxylic acids is 1. The second kappa shape index (κ2) is 8.14. The van der Waals surface area contributed by atoms with Crippen molar-refractivity contribution in [2.45, 2.75) is 20.0 Å². The smallest absolute Gasteiger partial charge is 0.305 e. The maximum absolute atomic E-state index is 12.8. The van der Waals surface area contributed by atoms with E-state index < -0.39 is 5.97 Å². The number of nitrogens with zero attached hydrogens (tertiary/aromatic N) is 1. The van der Waals surface area contributed by atoms with Gasteiger partial charge in [-0.25, -0.2) is 4.39 Å². The van der Waals surface area contributed by atoms with Crippen molar-refractivity contribution in [3.63, 3.8) is 0 Å². The molecule has 0 bridgehead atoms. The van der Waals surface area contributed by atoms with Crippen molar-refractivity contribution in [1.82, 2.24) is 4.90 Å². The molecule has 0 saturated carbocycles. The summed E-state index contributed by atoms with van der Waals surface area (Å²) in [5.74, 6) is -0.635. The summed E-state index contributed by atoms with van der Waals surface area (Å²) in [5, 5.41) is 8.71. The number of hydrogen-bond donors (Lipinski definition) is 1. The summed E-state index contributed by atoms with van der Waals surface area (Å²) >= 11 is 0. The van der Waals surface area contributed by atoms with Crippen molar-refractivity contribution in [2.75, 3.05) is 13.1 Å². The number of carbonyl (C=O) groups is 2. The van der Waals surface area contributed by atoms with Crippen LogP contribution < -0.4 is 4.74 Å². The summed E-state index contributed by atoms with van der Waals surface area (Å²) in [6.07, 6.45) is -0.124. The summed E-state index contributed by atoms with van der Waals surface area (Å²) in [7, 11) is 0. The maximum atomic E-state index is 12.8. The zero-order valence-electron chi connectivity index (χ0n) is 13.2. The number of halogens is 1. The van der Waals surface area contributed by atoms with Gasteiger partial charge in [-0.15, -0.1) is 0 Å². The summed E-state index contributed by atoms with van der Waals surface area (Å²) in [5.41, 5.74) is 0. The van der Waals surface area contributed by atoms with Gasteiger partial charge in [0, 0.05) is 13.1 Å². The van der Waals surface area contributed by atoms with Gasteiger partial charge in [0.1, 0.15) is 23.9 Å². The Morgan fingerprint density at radius 1 is 1.21 bits per heavy atom.